The van der Waals surface area contributed by atoms with Crippen molar-refractivity contribution in [2.75, 3.05) is 26.2 Å². The van der Waals surface area contributed by atoms with Gasteiger partial charge in [0, 0.05) is 35.4 Å². The van der Waals surface area contributed by atoms with Crippen molar-refractivity contribution in [1.29, 1.82) is 0 Å². The molecule has 0 aliphatic carbocycles. The zero-order chi connectivity index (χ0) is 64.1. The van der Waals surface area contributed by atoms with Crippen molar-refractivity contribution in [1.82, 2.24) is 68.1 Å². The summed E-state index contributed by atoms with van der Waals surface area (Å²) in [6.45, 7) is 5.26. The van der Waals surface area contributed by atoms with Crippen molar-refractivity contribution in [3.63, 3.8) is 0 Å². The van der Waals surface area contributed by atoms with Gasteiger partial charge < -0.3 is 64.0 Å². The first kappa shape index (κ1) is 67.0. The average Bonchev–Trinajstić information content (AvgIpc) is 4.49. The number of phenols is 1. The summed E-state index contributed by atoms with van der Waals surface area (Å²) >= 11 is 3.14. The predicted octanol–water partition coefficient (Wildman–Crippen LogP) is 2.10. The number of amides is 11. The number of nitrogens with one attached hydrogen (secondary N) is 10. The third kappa shape index (κ3) is 20.6. The minimum Gasteiger partial charge on any atom is -0.508 e. The summed E-state index contributed by atoms with van der Waals surface area (Å²) in [7, 11) is 0. The molecule has 1 aliphatic rings. The highest BCUT2D eigenvalue weighted by Crippen LogP contribution is 2.30. The van der Waals surface area contributed by atoms with Crippen LogP contribution in [0.15, 0.2) is 101 Å². The molecule has 0 unspecified atom stereocenters. The van der Waals surface area contributed by atoms with E-state index < -0.39 is 134 Å². The third-order valence-electron chi connectivity index (χ3n) is 14.0. The summed E-state index contributed by atoms with van der Waals surface area (Å²) in [5.74, 6) is -8.55. The van der Waals surface area contributed by atoms with Crippen molar-refractivity contribution in [2.45, 2.75) is 102 Å². The fourth-order valence-corrected chi connectivity index (χ4v) is 11.8. The molecule has 29 heteroatoms. The van der Waals surface area contributed by atoms with Crippen molar-refractivity contribution >= 4 is 99.0 Å². The van der Waals surface area contributed by atoms with Crippen molar-refractivity contribution in [3.05, 3.63) is 150 Å². The SMILES string of the molecule is CC[C@H](C)[C@@H]1NC(=O)[C@H](Cc2ccccc2)NC(=O)[C@H](Cc2ccccc2)NC(=O)CNC(=O)CNC(=O)CNC(=O)CNC(=O)c2csc(n2)[C@H](CC(N)=O)NC(=O)[C@H](Cc2ccc(O)cc2)NC(=O)c2csc(n2)[C@H](CC(C)C)NC(=O)c2csc1n2. The lowest BCUT2D eigenvalue weighted by molar-refractivity contribution is -0.132. The van der Waals surface area contributed by atoms with Crippen LogP contribution in [0.4, 0.5) is 0 Å². The van der Waals surface area contributed by atoms with Gasteiger partial charge in [0.25, 0.3) is 17.7 Å². The molecular weight excluding hydrogens is 1200 g/mol. The van der Waals surface area contributed by atoms with Crippen LogP contribution in [0.1, 0.15) is 128 Å². The number of primary amides is 1. The molecule has 26 nitrogen and oxygen atoms in total. The van der Waals surface area contributed by atoms with E-state index >= 15 is 0 Å². The van der Waals surface area contributed by atoms with Crippen LogP contribution in [0.3, 0.4) is 0 Å². The van der Waals surface area contributed by atoms with Crippen LogP contribution in [0, 0.1) is 11.8 Å². The second kappa shape index (κ2) is 32.5. The molecule has 89 heavy (non-hydrogen) atoms. The molecule has 0 spiro atoms. The third-order valence-corrected chi connectivity index (χ3v) is 16.8. The molecule has 6 aromatic rings. The number of phenolic OH excluding ortho intramolecular Hbond substituents is 1. The van der Waals surface area contributed by atoms with E-state index in [2.05, 4.69) is 63.1 Å². The van der Waals surface area contributed by atoms with Gasteiger partial charge in [-0.3, -0.25) is 52.7 Å². The molecule has 7 atom stereocenters. The number of hydrogen-bond acceptors (Lipinski definition) is 18. The number of carbonyl (C=O) groups is 11. The lowest BCUT2D eigenvalue weighted by Crippen LogP contribution is -2.56. The zero-order valence-electron chi connectivity index (χ0n) is 49.1. The first-order valence-corrected chi connectivity index (χ1v) is 31.2. The van der Waals surface area contributed by atoms with Gasteiger partial charge in [0.05, 0.1) is 50.7 Å². The maximum atomic E-state index is 14.7. The van der Waals surface area contributed by atoms with E-state index in [-0.39, 0.29) is 58.9 Å². The average molecular weight is 1280 g/mol. The van der Waals surface area contributed by atoms with Gasteiger partial charge >= 0.3 is 0 Å². The molecule has 4 heterocycles. The molecule has 13 N–H and O–H groups in total. The Hall–Kier alpha value is -9.48. The normalized spacial score (nSPS) is 20.6. The molecule has 6 bridgehead atoms. The number of aromatic nitrogens is 3. The molecule has 0 fully saturated rings. The van der Waals surface area contributed by atoms with E-state index in [1.807, 2.05) is 27.7 Å². The van der Waals surface area contributed by atoms with Gasteiger partial charge in [-0.1, -0.05) is 107 Å². The molecule has 3 aromatic heterocycles. The number of hydrogen-bond donors (Lipinski definition) is 12. The Labute approximate surface area is 524 Å². The molecule has 0 radical (unpaired) electrons. The summed E-state index contributed by atoms with van der Waals surface area (Å²) in [5, 5.41) is 41.7. The van der Waals surface area contributed by atoms with Crippen LogP contribution in [0.2, 0.25) is 0 Å². The fourth-order valence-electron chi connectivity index (χ4n) is 9.09. The largest absolute Gasteiger partial charge is 0.508 e. The summed E-state index contributed by atoms with van der Waals surface area (Å²) in [6.07, 6.45) is 0.366. The van der Waals surface area contributed by atoms with Gasteiger partial charge in [0.15, 0.2) is 0 Å². The second-order valence-electron chi connectivity index (χ2n) is 21.4. The van der Waals surface area contributed by atoms with Crippen molar-refractivity contribution in [2.24, 2.45) is 17.6 Å². The quantitative estimate of drug-likeness (QED) is 0.0835. The maximum absolute atomic E-state index is 14.7. The summed E-state index contributed by atoms with van der Waals surface area (Å²) in [6, 6.07) is 17.2. The Morgan fingerprint density at radius 3 is 1.40 bits per heavy atom. The zero-order valence-corrected chi connectivity index (χ0v) is 51.5. The first-order valence-electron chi connectivity index (χ1n) is 28.5. The van der Waals surface area contributed by atoms with Crippen LogP contribution in [-0.2, 0) is 57.6 Å². The minimum atomic E-state index is -1.34. The van der Waals surface area contributed by atoms with Crippen molar-refractivity contribution in [3.8, 4) is 5.75 Å². The Morgan fingerprint density at radius 1 is 0.494 bits per heavy atom. The van der Waals surface area contributed by atoms with Gasteiger partial charge in [-0.15, -0.1) is 34.0 Å². The van der Waals surface area contributed by atoms with Crippen LogP contribution < -0.4 is 58.9 Å². The molecule has 0 saturated carbocycles. The monoisotopic (exact) mass is 1270 g/mol. The van der Waals surface area contributed by atoms with Gasteiger partial charge in [-0.2, -0.15) is 0 Å². The summed E-state index contributed by atoms with van der Waals surface area (Å²) in [5.41, 5.74) is 7.26. The summed E-state index contributed by atoms with van der Waals surface area (Å²) in [4.78, 5) is 163. The Balaban J connectivity index is 1.18. The topological polar surface area (TPSA) is 393 Å². The smallest absolute Gasteiger partial charge is 0.271 e. The standard InChI is InChI=1S/C60H70N14O12S3/c1-5-33(4)51-60-73-45(31-89-60)57(86)69-41(20-32(2)3)58-72-44(30-88-58)56(85)68-39(23-36-16-18-37(75)19-17-36)54(83)70-42(24-46(61)76)59-71-43(29-87-59)52(81)65-27-49(79)63-25-47(77)62-26-48(78)64-28-50(80)66-38(21-34-12-8-6-9-13-34)53(82)67-40(55(84)74-51)22-35-14-10-7-11-15-35/h6-19,29-33,38-42,51,75H,5,20-28H2,1-4H3,(H2,61,76)(H,62,77)(H,63,79)(H,64,78)(H,65,81)(H,66,80)(H,67,82)(H,68,85)(H,69,86)(H,70,83)(H,74,84)/t33-,38-,39-,40-,41-,42-,51-/m0/s1. The molecule has 1 aliphatic heterocycles. The number of nitrogens with two attached hydrogens (primary N) is 1. The van der Waals surface area contributed by atoms with Gasteiger partial charge in [-0.25, -0.2) is 15.0 Å². The Kier molecular flexibility index (Phi) is 24.5. The Morgan fingerprint density at radius 2 is 0.899 bits per heavy atom. The number of aromatic hydroxyl groups is 1. The molecule has 470 valence electrons. The summed E-state index contributed by atoms with van der Waals surface area (Å²) < 4.78 is 0. The predicted molar refractivity (Wildman–Crippen MR) is 330 cm³/mol. The number of fused-ring (bicyclic) bond motifs is 6. The highest BCUT2D eigenvalue weighted by Gasteiger charge is 2.34. The van der Waals surface area contributed by atoms with E-state index in [1.165, 1.54) is 22.9 Å². The van der Waals surface area contributed by atoms with Crippen LogP contribution in [0.25, 0.3) is 0 Å². The van der Waals surface area contributed by atoms with Gasteiger partial charge in [0.1, 0.15) is 56.0 Å². The number of thiazole rings is 3. The number of carbonyl (C=O) groups excluding carboxylic acids is 11. The van der Waals surface area contributed by atoms with Crippen molar-refractivity contribution < 1.29 is 57.8 Å². The van der Waals surface area contributed by atoms with Crippen LogP contribution in [0.5, 0.6) is 5.75 Å². The number of nitrogens with zero attached hydrogens (tertiary/aromatic N) is 3. The molecule has 0 saturated heterocycles. The maximum Gasteiger partial charge on any atom is 0.271 e. The highest BCUT2D eigenvalue weighted by atomic mass is 32.1. The highest BCUT2D eigenvalue weighted by molar-refractivity contribution is 7.10. The molecule has 3 aromatic carbocycles. The van der Waals surface area contributed by atoms with Crippen LogP contribution >= 0.6 is 34.0 Å². The van der Waals surface area contributed by atoms with E-state index in [0.29, 0.717) is 39.5 Å². The lowest BCUT2D eigenvalue weighted by Gasteiger charge is -2.27. The Bertz CT molecular complexity index is 3490. The molecular formula is C60H70N14O12S3. The fraction of sp³-hybridized carbons (Fsp3) is 0.367. The lowest BCUT2D eigenvalue weighted by atomic mass is 9.98. The van der Waals surface area contributed by atoms with E-state index in [9.17, 15) is 57.8 Å². The van der Waals surface area contributed by atoms with Gasteiger partial charge in [-0.05, 0) is 47.1 Å². The molecule has 11 amide bonds. The second-order valence-corrected chi connectivity index (χ2v) is 24.1. The number of benzene rings is 3. The first-order chi connectivity index (χ1) is 42.6. The van der Waals surface area contributed by atoms with E-state index in [1.54, 1.807) is 78.2 Å². The van der Waals surface area contributed by atoms with Gasteiger partial charge in [0.2, 0.25) is 47.3 Å². The minimum absolute atomic E-state index is 0.00976. The number of rotatable bonds is 12. The van der Waals surface area contributed by atoms with E-state index in [0.717, 1.165) is 34.0 Å². The van der Waals surface area contributed by atoms with Crippen LogP contribution in [-0.4, -0.2) is 129 Å². The van der Waals surface area contributed by atoms with E-state index in [4.69, 9.17) is 10.7 Å². The molecule has 7 rings (SSSR count).